The number of alkyl halides is 1. The quantitative estimate of drug-likeness (QED) is 0.595. The number of hydrogen-bond acceptors (Lipinski definition) is 8. The molecule has 0 spiro atoms. The predicted octanol–water partition coefficient (Wildman–Crippen LogP) is 4.06. The lowest BCUT2D eigenvalue weighted by molar-refractivity contribution is 0.204. The summed E-state index contributed by atoms with van der Waals surface area (Å²) in [6.45, 7) is 6.10. The number of nitrogens with zero attached hydrogens (tertiary/aromatic N) is 5. The van der Waals surface area contributed by atoms with E-state index >= 15 is 0 Å². The molecule has 180 valence electrons. The number of nitrogens with two attached hydrogens (primary N) is 1. The number of aliphatic hydroxyl groups excluding tert-OH is 1. The average Bonchev–Trinajstić information content (AvgIpc) is 3.29. The molecule has 33 heavy (non-hydrogen) atoms. The number of halogens is 2. The fourth-order valence-corrected chi connectivity index (χ4v) is 5.72. The molecule has 0 amide bonds. The van der Waals surface area contributed by atoms with E-state index in [1.54, 1.807) is 12.4 Å². The van der Waals surface area contributed by atoms with Crippen LogP contribution < -0.4 is 15.5 Å². The Kier molecular flexibility index (Phi) is 7.63. The van der Waals surface area contributed by atoms with E-state index in [1.807, 2.05) is 11.0 Å². The van der Waals surface area contributed by atoms with Crippen LogP contribution in [0, 0.1) is 5.41 Å². The number of aliphatic hydroxyl groups is 1. The van der Waals surface area contributed by atoms with Crippen molar-refractivity contribution in [3.05, 3.63) is 29.2 Å². The molecule has 2 aliphatic rings. The van der Waals surface area contributed by atoms with Crippen molar-refractivity contribution in [2.24, 2.45) is 11.1 Å². The Labute approximate surface area is 203 Å². The van der Waals surface area contributed by atoms with Gasteiger partial charge in [-0.3, -0.25) is 0 Å². The number of anilines is 2. The monoisotopic (exact) mass is 494 g/mol. The zero-order valence-corrected chi connectivity index (χ0v) is 20.7. The molecule has 2 aromatic rings. The van der Waals surface area contributed by atoms with E-state index in [0.29, 0.717) is 21.6 Å². The van der Waals surface area contributed by atoms with Gasteiger partial charge >= 0.3 is 0 Å². The first-order valence-electron chi connectivity index (χ1n) is 11.5. The summed E-state index contributed by atoms with van der Waals surface area (Å²) in [5.74, 6) is 1.33. The van der Waals surface area contributed by atoms with E-state index in [0.717, 1.165) is 56.0 Å². The summed E-state index contributed by atoms with van der Waals surface area (Å²) >= 11 is 8.05. The predicted molar refractivity (Wildman–Crippen MR) is 131 cm³/mol. The molecule has 0 bridgehead atoms. The van der Waals surface area contributed by atoms with Gasteiger partial charge in [0.15, 0.2) is 5.82 Å². The van der Waals surface area contributed by atoms with Gasteiger partial charge in [0.2, 0.25) is 0 Å². The van der Waals surface area contributed by atoms with E-state index in [2.05, 4.69) is 33.7 Å². The Balaban J connectivity index is 1.52. The zero-order chi connectivity index (χ0) is 23.6. The molecule has 0 radical (unpaired) electrons. The maximum Gasteiger partial charge on any atom is 0.152 e. The molecule has 0 aliphatic carbocycles. The van der Waals surface area contributed by atoms with Gasteiger partial charge in [-0.15, -0.1) is 0 Å². The average molecular weight is 495 g/mol. The molecule has 7 nitrogen and oxygen atoms in total. The van der Waals surface area contributed by atoms with Crippen LogP contribution in [-0.4, -0.2) is 58.5 Å². The van der Waals surface area contributed by atoms with Crippen LogP contribution in [0.15, 0.2) is 28.4 Å². The number of rotatable bonds is 7. The van der Waals surface area contributed by atoms with Gasteiger partial charge in [0.25, 0.3) is 0 Å². The SMILES string of the molecule is CC(N)C1(C)CCN(c2ncc(Sc3ccnc(N4CCCC4CF)c3Cl)nc2CO)CC1. The molecule has 2 aliphatic heterocycles. The van der Waals surface area contributed by atoms with Crippen LogP contribution in [0.3, 0.4) is 0 Å². The summed E-state index contributed by atoms with van der Waals surface area (Å²) in [7, 11) is 0. The molecule has 3 N–H and O–H groups in total. The fraction of sp³-hybridized carbons (Fsp3) is 0.609. The van der Waals surface area contributed by atoms with Crippen molar-refractivity contribution in [2.45, 2.75) is 68.1 Å². The molecular formula is C23H32ClFN6OS. The minimum absolute atomic E-state index is 0.116. The van der Waals surface area contributed by atoms with Crippen molar-refractivity contribution in [3.8, 4) is 0 Å². The fourth-order valence-electron chi connectivity index (χ4n) is 4.59. The maximum atomic E-state index is 13.4. The van der Waals surface area contributed by atoms with Crippen LogP contribution in [0.2, 0.25) is 5.02 Å². The van der Waals surface area contributed by atoms with Crippen LogP contribution in [0.4, 0.5) is 16.0 Å². The standard InChI is InChI=1S/C23H32ClFN6OS/c1-15(26)23(2)6-10-30(11-7-23)21-17(14-32)29-19(13-28-21)33-18-5-8-27-22(20(18)24)31-9-3-4-16(31)12-25/h5,8,13,15-16,32H,3-4,6-7,9-12,14,26H2,1-2H3. The normalized spacial score (nSPS) is 21.5. The van der Waals surface area contributed by atoms with E-state index in [9.17, 15) is 9.50 Å². The second-order valence-corrected chi connectivity index (χ2v) is 10.7. The summed E-state index contributed by atoms with van der Waals surface area (Å²) in [4.78, 5) is 18.6. The third kappa shape index (κ3) is 5.06. The van der Waals surface area contributed by atoms with Crippen LogP contribution >= 0.6 is 23.4 Å². The highest BCUT2D eigenvalue weighted by atomic mass is 35.5. The zero-order valence-electron chi connectivity index (χ0n) is 19.2. The summed E-state index contributed by atoms with van der Waals surface area (Å²) in [6, 6.07) is 1.78. The molecule has 2 saturated heterocycles. The van der Waals surface area contributed by atoms with Crippen LogP contribution in [0.1, 0.15) is 45.2 Å². The topological polar surface area (TPSA) is 91.4 Å². The lowest BCUT2D eigenvalue weighted by Gasteiger charge is -2.42. The Morgan fingerprint density at radius 1 is 1.30 bits per heavy atom. The Morgan fingerprint density at radius 3 is 2.73 bits per heavy atom. The Hall–Kier alpha value is -1.68. The van der Waals surface area contributed by atoms with Gasteiger partial charge in [-0.1, -0.05) is 30.3 Å². The highest BCUT2D eigenvalue weighted by Gasteiger charge is 2.34. The van der Waals surface area contributed by atoms with E-state index < -0.39 is 6.67 Å². The van der Waals surface area contributed by atoms with Crippen molar-refractivity contribution in [1.82, 2.24) is 15.0 Å². The third-order valence-electron chi connectivity index (χ3n) is 7.13. The molecule has 4 rings (SSSR count). The van der Waals surface area contributed by atoms with E-state index in [4.69, 9.17) is 17.3 Å². The minimum Gasteiger partial charge on any atom is -0.390 e. The second-order valence-electron chi connectivity index (χ2n) is 9.26. The highest BCUT2D eigenvalue weighted by molar-refractivity contribution is 7.99. The largest absolute Gasteiger partial charge is 0.390 e. The Morgan fingerprint density at radius 2 is 2.06 bits per heavy atom. The molecule has 2 unspecified atom stereocenters. The van der Waals surface area contributed by atoms with Crippen molar-refractivity contribution in [1.29, 1.82) is 0 Å². The number of pyridine rings is 1. The van der Waals surface area contributed by atoms with Crippen LogP contribution in [0.25, 0.3) is 0 Å². The highest BCUT2D eigenvalue weighted by Crippen LogP contribution is 2.40. The first-order chi connectivity index (χ1) is 15.9. The summed E-state index contributed by atoms with van der Waals surface area (Å²) < 4.78 is 13.4. The van der Waals surface area contributed by atoms with E-state index in [1.165, 1.54) is 11.8 Å². The van der Waals surface area contributed by atoms with Crippen molar-refractivity contribution < 1.29 is 9.50 Å². The number of aromatic nitrogens is 3. The number of hydrogen-bond donors (Lipinski definition) is 2. The summed E-state index contributed by atoms with van der Waals surface area (Å²) in [5, 5.41) is 11.1. The maximum absolute atomic E-state index is 13.4. The smallest absolute Gasteiger partial charge is 0.152 e. The lowest BCUT2D eigenvalue weighted by atomic mass is 9.75. The third-order valence-corrected chi connectivity index (χ3v) is 8.58. The molecule has 0 saturated carbocycles. The van der Waals surface area contributed by atoms with Gasteiger partial charge in [0.05, 0.1) is 23.9 Å². The van der Waals surface area contributed by atoms with Crippen LogP contribution in [0.5, 0.6) is 0 Å². The van der Waals surface area contributed by atoms with E-state index in [-0.39, 0.29) is 24.1 Å². The van der Waals surface area contributed by atoms with Gasteiger partial charge in [-0.25, -0.2) is 19.3 Å². The van der Waals surface area contributed by atoms with Gasteiger partial charge in [0.1, 0.15) is 23.2 Å². The van der Waals surface area contributed by atoms with Gasteiger partial charge < -0.3 is 20.6 Å². The molecule has 4 heterocycles. The second kappa shape index (κ2) is 10.3. The Bertz CT molecular complexity index is 972. The lowest BCUT2D eigenvalue weighted by Crippen LogP contribution is -2.47. The molecular weight excluding hydrogens is 463 g/mol. The molecule has 0 aromatic carbocycles. The first-order valence-corrected chi connectivity index (χ1v) is 12.7. The number of piperidine rings is 1. The van der Waals surface area contributed by atoms with Crippen molar-refractivity contribution in [2.75, 3.05) is 36.1 Å². The van der Waals surface area contributed by atoms with Gasteiger partial charge in [-0.2, -0.15) is 0 Å². The van der Waals surface area contributed by atoms with Gasteiger partial charge in [0, 0.05) is 36.8 Å². The molecule has 2 fully saturated rings. The molecule has 10 heteroatoms. The molecule has 2 aromatic heterocycles. The molecule has 2 atom stereocenters. The first kappa shape index (κ1) is 24.4. The minimum atomic E-state index is -0.415. The summed E-state index contributed by atoms with van der Waals surface area (Å²) in [6.07, 6.45) is 7.08. The van der Waals surface area contributed by atoms with Crippen molar-refractivity contribution in [3.63, 3.8) is 0 Å². The summed E-state index contributed by atoms with van der Waals surface area (Å²) in [5.41, 5.74) is 6.85. The van der Waals surface area contributed by atoms with Gasteiger partial charge in [-0.05, 0) is 44.1 Å². The van der Waals surface area contributed by atoms with Crippen molar-refractivity contribution >= 4 is 35.0 Å². The van der Waals surface area contributed by atoms with Crippen LogP contribution in [-0.2, 0) is 6.61 Å².